The molecule has 0 amide bonds. The fourth-order valence-electron chi connectivity index (χ4n) is 4.54. The Kier molecular flexibility index (Phi) is 9.07. The molecule has 0 saturated carbocycles. The summed E-state index contributed by atoms with van der Waals surface area (Å²) in [5.41, 5.74) is 6.22. The molecular formula is C39H35FIrN2Si-2. The SMILES string of the molecule is Fc1cc[c-]c(-c2cc(-c3ccccc3)ccn2)c1.[2H]C([2H])([2H])c1c[c-]c(-c2cc(C([2H])([2H])c3ccccc3)c([Si](C)(C)C)cn2)cc1.[Ir]. The molecule has 0 fully saturated rings. The summed E-state index contributed by atoms with van der Waals surface area (Å²) in [4.78, 5) is 8.85. The van der Waals surface area contributed by atoms with Gasteiger partial charge in [-0.05, 0) is 45.7 Å². The van der Waals surface area contributed by atoms with E-state index in [4.69, 9.17) is 6.85 Å². The number of benzene rings is 4. The van der Waals surface area contributed by atoms with E-state index in [1.165, 1.54) is 18.2 Å². The van der Waals surface area contributed by atoms with Crippen molar-refractivity contribution in [2.75, 3.05) is 0 Å². The number of hydrogen-bond acceptors (Lipinski definition) is 2. The van der Waals surface area contributed by atoms with Crippen LogP contribution in [0.4, 0.5) is 4.39 Å². The van der Waals surface area contributed by atoms with E-state index < -0.39 is 21.3 Å². The Labute approximate surface area is 282 Å². The molecule has 0 aliphatic carbocycles. The summed E-state index contributed by atoms with van der Waals surface area (Å²) < 4.78 is 53.5. The molecule has 0 atom stereocenters. The van der Waals surface area contributed by atoms with E-state index in [9.17, 15) is 4.39 Å². The molecule has 223 valence electrons. The van der Waals surface area contributed by atoms with E-state index in [2.05, 4.69) is 41.7 Å². The zero-order valence-electron chi connectivity index (χ0n) is 29.7. The third-order valence-electron chi connectivity index (χ3n) is 6.76. The Bertz CT molecular complexity index is 1980. The Balaban J connectivity index is 0.000000234. The van der Waals surface area contributed by atoms with Crippen molar-refractivity contribution in [1.82, 2.24) is 9.97 Å². The summed E-state index contributed by atoms with van der Waals surface area (Å²) in [6, 6.07) is 39.9. The number of nitrogens with zero attached hydrogens (tertiary/aromatic N) is 2. The van der Waals surface area contributed by atoms with Gasteiger partial charge in [0.05, 0.1) is 8.07 Å². The number of aromatic nitrogens is 2. The minimum Gasteiger partial charge on any atom is -0.305 e. The monoisotopic (exact) mass is 776 g/mol. The second-order valence-corrected chi connectivity index (χ2v) is 16.1. The molecular weight excluding hydrogens is 736 g/mol. The van der Waals surface area contributed by atoms with Crippen LogP contribution in [0.25, 0.3) is 33.6 Å². The van der Waals surface area contributed by atoms with E-state index in [1.54, 1.807) is 48.8 Å². The summed E-state index contributed by atoms with van der Waals surface area (Å²) in [5.74, 6) is -0.277. The largest absolute Gasteiger partial charge is 0.305 e. The van der Waals surface area contributed by atoms with Gasteiger partial charge in [0.1, 0.15) is 0 Å². The maximum absolute atomic E-state index is 13.2. The van der Waals surface area contributed by atoms with Crippen molar-refractivity contribution in [2.24, 2.45) is 0 Å². The Morgan fingerprint density at radius 1 is 0.773 bits per heavy atom. The molecule has 0 aliphatic heterocycles. The molecule has 0 spiro atoms. The normalized spacial score (nSPS) is 13.0. The number of aryl methyl sites for hydroxylation is 1. The summed E-state index contributed by atoms with van der Waals surface area (Å²) in [6.45, 7) is 4.34. The number of hydrogen-bond donors (Lipinski definition) is 0. The number of pyridine rings is 2. The summed E-state index contributed by atoms with van der Waals surface area (Å²) in [6.07, 6.45) is 1.84. The first-order valence-electron chi connectivity index (χ1n) is 16.5. The maximum atomic E-state index is 13.2. The molecule has 6 rings (SSSR count). The van der Waals surface area contributed by atoms with Crippen molar-refractivity contribution in [3.63, 3.8) is 0 Å². The van der Waals surface area contributed by atoms with Gasteiger partial charge in [-0.2, -0.15) is 0 Å². The Hall–Kier alpha value is -4.02. The van der Waals surface area contributed by atoms with Gasteiger partial charge < -0.3 is 9.97 Å². The molecule has 6 aromatic rings. The number of halogens is 1. The van der Waals surface area contributed by atoms with Gasteiger partial charge in [0, 0.05) is 45.2 Å². The van der Waals surface area contributed by atoms with Crippen LogP contribution in [0.1, 0.15) is 23.5 Å². The van der Waals surface area contributed by atoms with Crippen molar-refractivity contribution in [3.05, 3.63) is 162 Å². The van der Waals surface area contributed by atoms with Gasteiger partial charge in [0.25, 0.3) is 0 Å². The molecule has 2 heterocycles. The first-order valence-corrected chi connectivity index (χ1v) is 17.5. The van der Waals surface area contributed by atoms with E-state index in [1.807, 2.05) is 60.7 Å². The minimum atomic E-state index is -2.18. The van der Waals surface area contributed by atoms with Crippen molar-refractivity contribution in [3.8, 4) is 33.6 Å². The van der Waals surface area contributed by atoms with Crippen LogP contribution in [0.3, 0.4) is 0 Å². The first kappa shape index (κ1) is 26.4. The predicted molar refractivity (Wildman–Crippen MR) is 179 cm³/mol. The van der Waals surface area contributed by atoms with E-state index in [0.29, 0.717) is 27.9 Å². The molecule has 0 N–H and O–H groups in total. The molecule has 0 bridgehead atoms. The van der Waals surface area contributed by atoms with Crippen LogP contribution in [0, 0.1) is 24.8 Å². The van der Waals surface area contributed by atoms with Crippen LogP contribution in [0.5, 0.6) is 0 Å². The molecule has 0 unspecified atom stereocenters. The van der Waals surface area contributed by atoms with Gasteiger partial charge in [-0.3, -0.25) is 0 Å². The second kappa shape index (κ2) is 15.1. The van der Waals surface area contributed by atoms with Gasteiger partial charge >= 0.3 is 0 Å². The van der Waals surface area contributed by atoms with E-state index in [0.717, 1.165) is 22.0 Å². The minimum absolute atomic E-state index is 0. The molecule has 0 saturated heterocycles. The Morgan fingerprint density at radius 2 is 1.50 bits per heavy atom. The summed E-state index contributed by atoms with van der Waals surface area (Å²) in [7, 11) is -1.87. The van der Waals surface area contributed by atoms with Crippen LogP contribution >= 0.6 is 0 Å². The predicted octanol–water partition coefficient (Wildman–Crippen LogP) is 9.35. The fourth-order valence-corrected chi connectivity index (χ4v) is 5.93. The molecule has 5 heteroatoms. The molecule has 0 aliphatic rings. The summed E-state index contributed by atoms with van der Waals surface area (Å²) >= 11 is 0. The van der Waals surface area contributed by atoms with Crippen LogP contribution < -0.4 is 5.19 Å². The van der Waals surface area contributed by atoms with E-state index >= 15 is 0 Å². The van der Waals surface area contributed by atoms with Crippen LogP contribution in [0.15, 0.2) is 128 Å². The van der Waals surface area contributed by atoms with Gasteiger partial charge in [0.15, 0.2) is 0 Å². The first-order chi connectivity index (χ1) is 22.7. The number of rotatable bonds is 6. The van der Waals surface area contributed by atoms with E-state index in [-0.39, 0.29) is 31.5 Å². The zero-order chi connectivity index (χ0) is 34.5. The van der Waals surface area contributed by atoms with Gasteiger partial charge in [-0.15, -0.1) is 65.2 Å². The van der Waals surface area contributed by atoms with Crippen molar-refractivity contribution in [1.29, 1.82) is 0 Å². The zero-order valence-corrected chi connectivity index (χ0v) is 28.1. The average Bonchev–Trinajstić information content (AvgIpc) is 3.08. The average molecular weight is 776 g/mol. The van der Waals surface area contributed by atoms with Gasteiger partial charge in [0.2, 0.25) is 0 Å². The molecule has 2 nitrogen and oxygen atoms in total. The van der Waals surface area contributed by atoms with Crippen molar-refractivity contribution >= 4 is 13.3 Å². The van der Waals surface area contributed by atoms with Crippen LogP contribution in [0.2, 0.25) is 19.6 Å². The molecule has 4 aromatic carbocycles. The molecule has 2 aromatic heterocycles. The molecule has 44 heavy (non-hydrogen) atoms. The van der Waals surface area contributed by atoms with Crippen molar-refractivity contribution < 1.29 is 31.3 Å². The third-order valence-corrected chi connectivity index (χ3v) is 8.77. The third kappa shape index (κ3) is 8.76. The summed E-state index contributed by atoms with van der Waals surface area (Å²) in [5, 5.41) is 0.967. The van der Waals surface area contributed by atoms with Gasteiger partial charge in [-0.1, -0.05) is 105 Å². The van der Waals surface area contributed by atoms with Gasteiger partial charge in [-0.25, -0.2) is 4.39 Å². The maximum Gasteiger partial charge on any atom is 0.0799 e. The van der Waals surface area contributed by atoms with Crippen LogP contribution in [-0.4, -0.2) is 18.0 Å². The smallest absolute Gasteiger partial charge is 0.0799 e. The quantitative estimate of drug-likeness (QED) is 0.125. The van der Waals surface area contributed by atoms with Crippen LogP contribution in [-0.2, 0) is 26.5 Å². The second-order valence-electron chi connectivity index (χ2n) is 11.1. The Morgan fingerprint density at radius 3 is 2.16 bits per heavy atom. The molecule has 1 radical (unpaired) electrons. The topological polar surface area (TPSA) is 25.8 Å². The fraction of sp³-hybridized carbons (Fsp3) is 0.128. The van der Waals surface area contributed by atoms with Crippen molar-refractivity contribution in [2.45, 2.75) is 32.9 Å². The standard InChI is InChI=1S/C22H24NSi.C17H11FN.Ir/c1-17-10-12-19(13-11-17)21-15-20(14-18-8-6-5-7-9-18)22(16-23-21)24(2,3)4;18-16-8-4-7-15(11-16)17-12-14(9-10-19-17)13-5-2-1-3-6-13;/h5-12,15-16H,14H2,1-4H3;1-6,8-12H;/q2*-1;/i1D3,14D2;;.